The van der Waals surface area contributed by atoms with Crippen LogP contribution >= 0.6 is 0 Å². The van der Waals surface area contributed by atoms with Crippen LogP contribution < -0.4 is 4.90 Å². The molecule has 19 heavy (non-hydrogen) atoms. The van der Waals surface area contributed by atoms with Crippen LogP contribution in [0, 0.1) is 0 Å². The SMILES string of the molecule is CCn1c(C2CCCCC2)nnc1N1CCCCC1. The molecule has 1 aromatic heterocycles. The van der Waals surface area contributed by atoms with Gasteiger partial charge in [-0.3, -0.25) is 4.57 Å². The third kappa shape index (κ3) is 2.63. The Balaban J connectivity index is 1.82. The van der Waals surface area contributed by atoms with E-state index in [2.05, 4.69) is 26.6 Å². The van der Waals surface area contributed by atoms with Crippen molar-refractivity contribution < 1.29 is 0 Å². The molecule has 0 spiro atoms. The zero-order valence-electron chi connectivity index (χ0n) is 12.1. The predicted octanol–water partition coefficient (Wildman–Crippen LogP) is 3.34. The minimum absolute atomic E-state index is 0.653. The van der Waals surface area contributed by atoms with E-state index in [4.69, 9.17) is 0 Å². The molecule has 106 valence electrons. The van der Waals surface area contributed by atoms with Gasteiger partial charge in [0, 0.05) is 25.6 Å². The highest BCUT2D eigenvalue weighted by Crippen LogP contribution is 2.33. The summed E-state index contributed by atoms with van der Waals surface area (Å²) < 4.78 is 2.38. The van der Waals surface area contributed by atoms with Gasteiger partial charge in [0.15, 0.2) is 0 Å². The molecule has 0 amide bonds. The lowest BCUT2D eigenvalue weighted by Gasteiger charge is -2.28. The van der Waals surface area contributed by atoms with E-state index >= 15 is 0 Å². The quantitative estimate of drug-likeness (QED) is 0.838. The Labute approximate surface area is 116 Å². The molecular formula is C15H26N4. The first-order valence-electron chi connectivity index (χ1n) is 8.08. The Kier molecular flexibility index (Phi) is 4.04. The molecule has 1 saturated carbocycles. The molecule has 2 aliphatic rings. The van der Waals surface area contributed by atoms with Crippen molar-refractivity contribution in [2.75, 3.05) is 18.0 Å². The van der Waals surface area contributed by atoms with Gasteiger partial charge in [0.1, 0.15) is 5.82 Å². The number of hydrogen-bond donors (Lipinski definition) is 0. The monoisotopic (exact) mass is 262 g/mol. The van der Waals surface area contributed by atoms with Crippen molar-refractivity contribution in [3.05, 3.63) is 5.82 Å². The van der Waals surface area contributed by atoms with Crippen LogP contribution in [0.15, 0.2) is 0 Å². The number of anilines is 1. The van der Waals surface area contributed by atoms with Gasteiger partial charge in [0.25, 0.3) is 0 Å². The molecule has 0 atom stereocenters. The van der Waals surface area contributed by atoms with Crippen LogP contribution in [0.5, 0.6) is 0 Å². The summed E-state index contributed by atoms with van der Waals surface area (Å²) in [4.78, 5) is 2.44. The smallest absolute Gasteiger partial charge is 0.227 e. The summed E-state index contributed by atoms with van der Waals surface area (Å²) in [5.74, 6) is 3.03. The standard InChI is InChI=1S/C15H26N4/c1-2-19-14(13-9-5-3-6-10-13)16-17-15(19)18-11-7-4-8-12-18/h13H,2-12H2,1H3. The Morgan fingerprint density at radius 1 is 0.947 bits per heavy atom. The largest absolute Gasteiger partial charge is 0.341 e. The molecule has 0 bridgehead atoms. The lowest BCUT2D eigenvalue weighted by Crippen LogP contribution is -2.32. The topological polar surface area (TPSA) is 34.0 Å². The predicted molar refractivity (Wildman–Crippen MR) is 77.6 cm³/mol. The minimum Gasteiger partial charge on any atom is -0.341 e. The van der Waals surface area contributed by atoms with Gasteiger partial charge >= 0.3 is 0 Å². The highest BCUT2D eigenvalue weighted by Gasteiger charge is 2.25. The highest BCUT2D eigenvalue weighted by atomic mass is 15.4. The normalized spacial score (nSPS) is 21.8. The van der Waals surface area contributed by atoms with E-state index in [0.29, 0.717) is 5.92 Å². The fourth-order valence-corrected chi connectivity index (χ4v) is 3.60. The zero-order chi connectivity index (χ0) is 13.1. The maximum Gasteiger partial charge on any atom is 0.227 e. The number of hydrogen-bond acceptors (Lipinski definition) is 3. The van der Waals surface area contributed by atoms with Gasteiger partial charge in [-0.25, -0.2) is 0 Å². The Bertz CT molecular complexity index is 365. The van der Waals surface area contributed by atoms with Crippen molar-refractivity contribution in [2.45, 2.75) is 70.8 Å². The molecule has 0 N–H and O–H groups in total. The molecule has 4 nitrogen and oxygen atoms in total. The molecule has 1 aromatic rings. The maximum absolute atomic E-state index is 4.56. The zero-order valence-corrected chi connectivity index (χ0v) is 12.1. The van der Waals surface area contributed by atoms with Crippen LogP contribution in [0.25, 0.3) is 0 Å². The molecule has 4 heteroatoms. The van der Waals surface area contributed by atoms with Crippen molar-refractivity contribution in [3.8, 4) is 0 Å². The fourth-order valence-electron chi connectivity index (χ4n) is 3.60. The summed E-state index contributed by atoms with van der Waals surface area (Å²) in [5.41, 5.74) is 0. The van der Waals surface area contributed by atoms with Crippen LogP contribution in [-0.4, -0.2) is 27.9 Å². The molecule has 2 heterocycles. The third-order valence-electron chi connectivity index (χ3n) is 4.69. The summed E-state index contributed by atoms with van der Waals surface area (Å²) >= 11 is 0. The van der Waals surface area contributed by atoms with E-state index in [0.717, 1.165) is 25.6 Å². The molecule has 0 aromatic carbocycles. The Morgan fingerprint density at radius 3 is 2.32 bits per heavy atom. The van der Waals surface area contributed by atoms with Crippen LogP contribution in [0.2, 0.25) is 0 Å². The van der Waals surface area contributed by atoms with Crippen molar-refractivity contribution in [1.82, 2.24) is 14.8 Å². The number of piperidine rings is 1. The van der Waals surface area contributed by atoms with Gasteiger partial charge < -0.3 is 4.90 Å². The molecule has 3 rings (SSSR count). The van der Waals surface area contributed by atoms with E-state index < -0.39 is 0 Å². The molecule has 0 radical (unpaired) electrons. The molecule has 1 aliphatic heterocycles. The van der Waals surface area contributed by atoms with Gasteiger partial charge in [0.2, 0.25) is 5.95 Å². The number of rotatable bonds is 3. The van der Waals surface area contributed by atoms with Gasteiger partial charge in [-0.1, -0.05) is 19.3 Å². The molecule has 0 unspecified atom stereocenters. The summed E-state index contributed by atoms with van der Waals surface area (Å²) in [5, 5.41) is 9.08. The Morgan fingerprint density at radius 2 is 1.63 bits per heavy atom. The first-order chi connectivity index (χ1) is 9.40. The van der Waals surface area contributed by atoms with Crippen molar-refractivity contribution in [2.24, 2.45) is 0 Å². The van der Waals surface area contributed by atoms with Crippen molar-refractivity contribution in [1.29, 1.82) is 0 Å². The highest BCUT2D eigenvalue weighted by molar-refractivity contribution is 5.32. The van der Waals surface area contributed by atoms with Gasteiger partial charge in [-0.15, -0.1) is 10.2 Å². The van der Waals surface area contributed by atoms with Crippen molar-refractivity contribution in [3.63, 3.8) is 0 Å². The van der Waals surface area contributed by atoms with E-state index in [1.165, 1.54) is 57.2 Å². The summed E-state index contributed by atoms with van der Waals surface area (Å²) in [6, 6.07) is 0. The van der Waals surface area contributed by atoms with Crippen molar-refractivity contribution >= 4 is 5.95 Å². The van der Waals surface area contributed by atoms with E-state index in [-0.39, 0.29) is 0 Å². The van der Waals surface area contributed by atoms with Crippen LogP contribution in [0.4, 0.5) is 5.95 Å². The van der Waals surface area contributed by atoms with E-state index in [9.17, 15) is 0 Å². The lowest BCUT2D eigenvalue weighted by molar-refractivity contribution is 0.415. The Hall–Kier alpha value is -1.06. The van der Waals surface area contributed by atoms with Crippen LogP contribution in [-0.2, 0) is 6.54 Å². The lowest BCUT2D eigenvalue weighted by atomic mass is 9.88. The van der Waals surface area contributed by atoms with E-state index in [1.54, 1.807) is 0 Å². The van der Waals surface area contributed by atoms with Gasteiger partial charge in [-0.05, 0) is 39.0 Å². The molecule has 1 aliphatic carbocycles. The van der Waals surface area contributed by atoms with Crippen LogP contribution in [0.1, 0.15) is 70.0 Å². The third-order valence-corrected chi connectivity index (χ3v) is 4.69. The second-order valence-electron chi connectivity index (χ2n) is 5.99. The summed E-state index contributed by atoms with van der Waals surface area (Å²) in [6.07, 6.45) is 10.7. The first kappa shape index (κ1) is 12.9. The molecular weight excluding hydrogens is 236 g/mol. The second kappa shape index (κ2) is 5.93. The number of nitrogens with zero attached hydrogens (tertiary/aromatic N) is 4. The average molecular weight is 262 g/mol. The molecule has 2 fully saturated rings. The second-order valence-corrected chi connectivity index (χ2v) is 5.99. The average Bonchev–Trinajstić information content (AvgIpc) is 2.93. The fraction of sp³-hybridized carbons (Fsp3) is 0.867. The first-order valence-corrected chi connectivity index (χ1v) is 8.08. The van der Waals surface area contributed by atoms with E-state index in [1.807, 2.05) is 0 Å². The van der Waals surface area contributed by atoms with Gasteiger partial charge in [0.05, 0.1) is 0 Å². The summed E-state index contributed by atoms with van der Waals surface area (Å²) in [6.45, 7) is 5.54. The maximum atomic E-state index is 4.56. The summed E-state index contributed by atoms with van der Waals surface area (Å²) in [7, 11) is 0. The minimum atomic E-state index is 0.653. The number of aromatic nitrogens is 3. The van der Waals surface area contributed by atoms with Gasteiger partial charge in [-0.2, -0.15) is 0 Å². The molecule has 1 saturated heterocycles. The van der Waals surface area contributed by atoms with Crippen LogP contribution in [0.3, 0.4) is 0 Å².